The molecule has 16 heavy (non-hydrogen) atoms. The summed E-state index contributed by atoms with van der Waals surface area (Å²) >= 11 is 7.28. The Hall–Kier alpha value is -0.190. The molecule has 1 atom stereocenters. The van der Waals surface area contributed by atoms with Crippen molar-refractivity contribution in [3.8, 4) is 0 Å². The molecule has 0 amide bonds. The summed E-state index contributed by atoms with van der Waals surface area (Å²) in [6.45, 7) is 5.59. The minimum atomic E-state index is 0.552. The molecule has 0 radical (unpaired) electrons. The smallest absolute Gasteiger partial charge is 0.207 e. The third-order valence-corrected chi connectivity index (χ3v) is 4.32. The Kier molecular flexibility index (Phi) is 4.55. The third kappa shape index (κ3) is 3.40. The van der Waals surface area contributed by atoms with Crippen molar-refractivity contribution in [2.75, 3.05) is 13.1 Å². The second-order valence-corrected chi connectivity index (χ2v) is 6.07. The predicted octanol–water partition coefficient (Wildman–Crippen LogP) is 3.20. The molecule has 2 rings (SSSR count). The Morgan fingerprint density at radius 1 is 1.38 bits per heavy atom. The highest BCUT2D eigenvalue weighted by atomic mass is 35.5. The van der Waals surface area contributed by atoms with Crippen molar-refractivity contribution in [1.29, 1.82) is 0 Å². The van der Waals surface area contributed by atoms with Gasteiger partial charge in [0.15, 0.2) is 0 Å². The molecular formula is C11H18ClN3S. The van der Waals surface area contributed by atoms with Crippen LogP contribution in [-0.2, 0) is 6.54 Å². The van der Waals surface area contributed by atoms with E-state index in [0.29, 0.717) is 4.47 Å². The van der Waals surface area contributed by atoms with Crippen LogP contribution in [0.15, 0.2) is 0 Å². The lowest BCUT2D eigenvalue weighted by atomic mass is 9.98. The molecule has 0 saturated carbocycles. The minimum Gasteiger partial charge on any atom is -0.297 e. The molecule has 0 aromatic carbocycles. The van der Waals surface area contributed by atoms with Gasteiger partial charge in [0, 0.05) is 0 Å². The molecule has 1 unspecified atom stereocenters. The second kappa shape index (κ2) is 5.94. The lowest BCUT2D eigenvalue weighted by Crippen LogP contribution is -2.24. The van der Waals surface area contributed by atoms with Gasteiger partial charge < -0.3 is 0 Å². The quantitative estimate of drug-likeness (QED) is 0.835. The van der Waals surface area contributed by atoms with Crippen molar-refractivity contribution < 1.29 is 0 Å². The molecule has 0 N–H and O–H groups in total. The summed E-state index contributed by atoms with van der Waals surface area (Å²) in [4.78, 5) is 2.48. The van der Waals surface area contributed by atoms with Gasteiger partial charge in [-0.15, -0.1) is 10.2 Å². The van der Waals surface area contributed by atoms with Crippen LogP contribution in [0.4, 0.5) is 0 Å². The summed E-state index contributed by atoms with van der Waals surface area (Å²) in [6.07, 6.45) is 5.33. The summed E-state index contributed by atoms with van der Waals surface area (Å²) in [5, 5.41) is 8.96. The van der Waals surface area contributed by atoms with Gasteiger partial charge in [0.1, 0.15) is 5.01 Å². The number of nitrogens with zero attached hydrogens (tertiary/aromatic N) is 3. The summed E-state index contributed by atoms with van der Waals surface area (Å²) < 4.78 is 0.552. The first-order valence-corrected chi connectivity index (χ1v) is 7.17. The normalized spacial score (nSPS) is 23.2. The van der Waals surface area contributed by atoms with E-state index < -0.39 is 0 Å². The van der Waals surface area contributed by atoms with Crippen molar-refractivity contribution >= 4 is 22.9 Å². The van der Waals surface area contributed by atoms with E-state index in [1.165, 1.54) is 50.1 Å². The van der Waals surface area contributed by atoms with Crippen LogP contribution in [-0.4, -0.2) is 28.2 Å². The van der Waals surface area contributed by atoms with Gasteiger partial charge in [-0.2, -0.15) is 0 Å². The Bertz CT molecular complexity index is 329. The largest absolute Gasteiger partial charge is 0.297 e. The van der Waals surface area contributed by atoms with Crippen LogP contribution in [0.25, 0.3) is 0 Å². The predicted molar refractivity (Wildman–Crippen MR) is 67.8 cm³/mol. The summed E-state index contributed by atoms with van der Waals surface area (Å²) in [6, 6.07) is 0. The number of likely N-dealkylation sites (tertiary alicyclic amines) is 1. The summed E-state index contributed by atoms with van der Waals surface area (Å²) in [5.74, 6) is 0.919. The van der Waals surface area contributed by atoms with E-state index in [0.717, 1.165) is 17.5 Å². The maximum Gasteiger partial charge on any atom is 0.207 e. The van der Waals surface area contributed by atoms with Gasteiger partial charge in [-0.25, -0.2) is 0 Å². The van der Waals surface area contributed by atoms with Crippen LogP contribution in [0, 0.1) is 5.92 Å². The molecule has 2 heterocycles. The van der Waals surface area contributed by atoms with Gasteiger partial charge in [-0.1, -0.05) is 24.7 Å². The second-order valence-electron chi connectivity index (χ2n) is 4.43. The maximum atomic E-state index is 5.78. The summed E-state index contributed by atoms with van der Waals surface area (Å²) in [7, 11) is 0. The molecule has 0 spiro atoms. The van der Waals surface area contributed by atoms with Crippen LogP contribution in [0.5, 0.6) is 0 Å². The number of hydrogen-bond acceptors (Lipinski definition) is 4. The van der Waals surface area contributed by atoms with E-state index in [1.54, 1.807) is 0 Å². The Morgan fingerprint density at radius 2 is 2.25 bits per heavy atom. The van der Waals surface area contributed by atoms with E-state index in [1.807, 2.05) is 0 Å². The highest BCUT2D eigenvalue weighted by molar-refractivity contribution is 7.15. The van der Waals surface area contributed by atoms with Crippen molar-refractivity contribution in [2.45, 2.75) is 39.2 Å². The molecule has 0 bridgehead atoms. The van der Waals surface area contributed by atoms with Crippen molar-refractivity contribution in [3.05, 3.63) is 9.47 Å². The Morgan fingerprint density at radius 3 is 2.94 bits per heavy atom. The van der Waals surface area contributed by atoms with Gasteiger partial charge in [0.05, 0.1) is 6.54 Å². The van der Waals surface area contributed by atoms with Gasteiger partial charge >= 0.3 is 0 Å². The fourth-order valence-electron chi connectivity index (χ4n) is 2.28. The highest BCUT2D eigenvalue weighted by Crippen LogP contribution is 2.22. The average Bonchev–Trinajstić information content (AvgIpc) is 2.55. The van der Waals surface area contributed by atoms with E-state index in [-0.39, 0.29) is 0 Å². The van der Waals surface area contributed by atoms with Crippen molar-refractivity contribution in [1.82, 2.24) is 15.1 Å². The monoisotopic (exact) mass is 259 g/mol. The first-order chi connectivity index (χ1) is 7.78. The molecule has 1 aliphatic rings. The first kappa shape index (κ1) is 12.3. The zero-order valence-electron chi connectivity index (χ0n) is 9.65. The molecule has 5 heteroatoms. The van der Waals surface area contributed by atoms with Gasteiger partial charge in [0.2, 0.25) is 4.47 Å². The Balaban J connectivity index is 1.86. The number of aromatic nitrogens is 2. The standard InChI is InChI=1S/C11H18ClN3S/c1-2-9-4-3-6-15(7-5-9)8-10-13-14-11(12)16-10/h9H,2-8H2,1H3. The SMILES string of the molecule is CCC1CCCN(Cc2nnc(Cl)s2)CC1. The molecule has 1 aliphatic heterocycles. The maximum absolute atomic E-state index is 5.78. The number of halogens is 1. The van der Waals surface area contributed by atoms with Crippen LogP contribution in [0.1, 0.15) is 37.6 Å². The van der Waals surface area contributed by atoms with E-state index in [4.69, 9.17) is 11.6 Å². The molecule has 0 aliphatic carbocycles. The topological polar surface area (TPSA) is 29.0 Å². The lowest BCUT2D eigenvalue weighted by molar-refractivity contribution is 0.271. The lowest BCUT2D eigenvalue weighted by Gasteiger charge is -2.18. The van der Waals surface area contributed by atoms with Crippen molar-refractivity contribution in [3.63, 3.8) is 0 Å². The van der Waals surface area contributed by atoms with E-state index in [9.17, 15) is 0 Å². The number of hydrogen-bond donors (Lipinski definition) is 0. The fraction of sp³-hybridized carbons (Fsp3) is 0.818. The van der Waals surface area contributed by atoms with Gasteiger partial charge in [0.25, 0.3) is 0 Å². The fourth-order valence-corrected chi connectivity index (χ4v) is 3.19. The zero-order valence-corrected chi connectivity index (χ0v) is 11.2. The third-order valence-electron chi connectivity index (χ3n) is 3.32. The highest BCUT2D eigenvalue weighted by Gasteiger charge is 2.16. The van der Waals surface area contributed by atoms with E-state index >= 15 is 0 Å². The molecule has 3 nitrogen and oxygen atoms in total. The zero-order chi connectivity index (χ0) is 11.4. The molecule has 1 aromatic rings. The first-order valence-electron chi connectivity index (χ1n) is 5.98. The molecule has 90 valence electrons. The van der Waals surface area contributed by atoms with Gasteiger partial charge in [-0.3, -0.25) is 4.90 Å². The van der Waals surface area contributed by atoms with Crippen LogP contribution in [0.3, 0.4) is 0 Å². The minimum absolute atomic E-state index is 0.552. The van der Waals surface area contributed by atoms with Gasteiger partial charge in [-0.05, 0) is 49.9 Å². The van der Waals surface area contributed by atoms with E-state index in [2.05, 4.69) is 22.0 Å². The van der Waals surface area contributed by atoms with Crippen LogP contribution >= 0.6 is 22.9 Å². The molecule has 1 saturated heterocycles. The van der Waals surface area contributed by atoms with Crippen molar-refractivity contribution in [2.24, 2.45) is 5.92 Å². The molecule has 1 aromatic heterocycles. The summed E-state index contributed by atoms with van der Waals surface area (Å²) in [5.41, 5.74) is 0. The average molecular weight is 260 g/mol. The number of rotatable bonds is 3. The van der Waals surface area contributed by atoms with Crippen LogP contribution < -0.4 is 0 Å². The van der Waals surface area contributed by atoms with Crippen LogP contribution in [0.2, 0.25) is 4.47 Å². The molecule has 1 fully saturated rings. The Labute approximate surface area is 106 Å². The molecular weight excluding hydrogens is 242 g/mol.